The van der Waals surface area contributed by atoms with Crippen LogP contribution in [0.1, 0.15) is 17.7 Å². The molecule has 1 amide bonds. The van der Waals surface area contributed by atoms with E-state index < -0.39 is 11.6 Å². The molecule has 2 aliphatic rings. The highest BCUT2D eigenvalue weighted by atomic mass is 19.1. The van der Waals surface area contributed by atoms with Gasteiger partial charge in [0.2, 0.25) is 5.91 Å². The molecule has 4 heterocycles. The van der Waals surface area contributed by atoms with Crippen LogP contribution in [0.4, 0.5) is 14.5 Å². The fraction of sp³-hybridized carbons (Fsp3) is 0.360. The minimum absolute atomic E-state index is 0.0287. The highest BCUT2D eigenvalue weighted by Crippen LogP contribution is 2.44. The summed E-state index contributed by atoms with van der Waals surface area (Å²) in [7, 11) is 3.61. The van der Waals surface area contributed by atoms with Crippen molar-refractivity contribution in [3.63, 3.8) is 0 Å². The van der Waals surface area contributed by atoms with Gasteiger partial charge in [0.1, 0.15) is 17.3 Å². The van der Waals surface area contributed by atoms with Crippen LogP contribution in [-0.2, 0) is 11.3 Å². The number of pyridine rings is 1. The molecule has 2 aliphatic heterocycles. The van der Waals surface area contributed by atoms with Crippen molar-refractivity contribution >= 4 is 28.2 Å². The molecule has 5 rings (SSSR count). The Kier molecular flexibility index (Phi) is 5.83. The Hall–Kier alpha value is -3.30. The van der Waals surface area contributed by atoms with E-state index in [-0.39, 0.29) is 12.5 Å². The maximum Gasteiger partial charge on any atom is 0.236 e. The number of anilines is 1. The number of fused-ring (bicyclic) bond motifs is 2. The van der Waals surface area contributed by atoms with E-state index in [0.717, 1.165) is 28.9 Å². The van der Waals surface area contributed by atoms with Gasteiger partial charge in [0.15, 0.2) is 0 Å². The summed E-state index contributed by atoms with van der Waals surface area (Å²) in [6, 6.07) is 4.47. The molecule has 0 aliphatic carbocycles. The number of benzene rings is 1. The van der Waals surface area contributed by atoms with Crippen LogP contribution in [0.15, 0.2) is 30.5 Å². The monoisotopic (exact) mass is 467 g/mol. The van der Waals surface area contributed by atoms with Crippen molar-refractivity contribution in [3.05, 3.63) is 53.4 Å². The second-order valence-electron chi connectivity index (χ2n) is 8.95. The van der Waals surface area contributed by atoms with Gasteiger partial charge in [-0.3, -0.25) is 9.69 Å². The zero-order chi connectivity index (χ0) is 24.0. The van der Waals surface area contributed by atoms with Gasteiger partial charge in [-0.15, -0.1) is 0 Å². The number of carbonyl (C=O) groups excluding carboxylic acids is 1. The molecule has 178 valence electrons. The number of carbonyl (C=O) groups is 1. The van der Waals surface area contributed by atoms with Gasteiger partial charge in [0.25, 0.3) is 0 Å². The molecule has 9 heteroatoms. The van der Waals surface area contributed by atoms with Crippen LogP contribution in [0.2, 0.25) is 0 Å². The first-order valence-corrected chi connectivity index (χ1v) is 11.3. The van der Waals surface area contributed by atoms with Crippen LogP contribution in [-0.4, -0.2) is 77.7 Å². The van der Waals surface area contributed by atoms with Crippen LogP contribution in [0, 0.1) is 11.6 Å². The number of H-pyrrole nitrogens is 1. The minimum atomic E-state index is -0.476. The third-order valence-corrected chi connectivity index (χ3v) is 6.75. The van der Waals surface area contributed by atoms with Gasteiger partial charge >= 0.3 is 0 Å². The van der Waals surface area contributed by atoms with Crippen molar-refractivity contribution < 1.29 is 18.7 Å². The molecule has 0 unspecified atom stereocenters. The number of aromatic amines is 1. The normalized spacial score (nSPS) is 15.8. The molecule has 0 fully saturated rings. The summed E-state index contributed by atoms with van der Waals surface area (Å²) in [6.07, 6.45) is 4.00. The molecule has 7 nitrogen and oxygen atoms in total. The minimum Gasteiger partial charge on any atom is -0.395 e. The summed E-state index contributed by atoms with van der Waals surface area (Å²) in [5, 5.41) is 9.73. The zero-order valence-electron chi connectivity index (χ0n) is 19.2. The van der Waals surface area contributed by atoms with Crippen molar-refractivity contribution in [1.29, 1.82) is 0 Å². The molecule has 0 bridgehead atoms. The molecular weight excluding hydrogens is 440 g/mol. The molecule has 0 saturated carbocycles. The maximum atomic E-state index is 15.1. The van der Waals surface area contributed by atoms with E-state index >= 15 is 4.39 Å². The molecule has 0 spiro atoms. The van der Waals surface area contributed by atoms with Gasteiger partial charge in [-0.2, -0.15) is 0 Å². The number of nitrogens with one attached hydrogen (secondary N) is 1. The van der Waals surface area contributed by atoms with Crippen LogP contribution >= 0.6 is 0 Å². The summed E-state index contributed by atoms with van der Waals surface area (Å²) in [5.41, 5.74) is 5.19. The predicted octanol–water partition coefficient (Wildman–Crippen LogP) is 3.00. The first kappa shape index (κ1) is 22.5. The van der Waals surface area contributed by atoms with E-state index in [0.29, 0.717) is 54.9 Å². The Morgan fingerprint density at radius 1 is 1.32 bits per heavy atom. The van der Waals surface area contributed by atoms with Gasteiger partial charge in [-0.25, -0.2) is 13.8 Å². The smallest absolute Gasteiger partial charge is 0.236 e. The number of likely N-dealkylation sites (N-methyl/N-ethyl adjacent to an activating group) is 1. The standard InChI is InChI=1S/C25H27F2N5O2/c1-30(9-10-33)21(34)14-32-7-5-15(6-8-32)24-18-13-31(2)20-4-3-16(26)11-17(20)22-19(27)12-28-25(29-24)23(18)22/h3-5,11-12,33H,6-10,13-14H2,1-2H3,(H,28,29). The number of aliphatic hydroxyl groups excluding tert-OH is 1. The quantitative estimate of drug-likeness (QED) is 0.604. The molecule has 3 aromatic rings. The van der Waals surface area contributed by atoms with Gasteiger partial charge in [-0.05, 0) is 30.2 Å². The summed E-state index contributed by atoms with van der Waals surface area (Å²) in [4.78, 5) is 25.6. The second kappa shape index (κ2) is 8.81. The van der Waals surface area contributed by atoms with Gasteiger partial charge < -0.3 is 19.9 Å². The van der Waals surface area contributed by atoms with Gasteiger partial charge in [-0.1, -0.05) is 6.08 Å². The van der Waals surface area contributed by atoms with Gasteiger partial charge in [0, 0.05) is 73.7 Å². The number of hydrogen-bond donors (Lipinski definition) is 2. The Morgan fingerprint density at radius 3 is 2.88 bits per heavy atom. The Balaban J connectivity index is 1.51. The molecule has 34 heavy (non-hydrogen) atoms. The summed E-state index contributed by atoms with van der Waals surface area (Å²) in [5.74, 6) is -0.917. The number of hydrogen-bond acceptors (Lipinski definition) is 5. The van der Waals surface area contributed by atoms with E-state index in [4.69, 9.17) is 5.11 Å². The third kappa shape index (κ3) is 3.84. The first-order valence-electron chi connectivity index (χ1n) is 11.3. The average Bonchev–Trinajstić information content (AvgIpc) is 3.11. The molecule has 2 aromatic heterocycles. The fourth-order valence-electron chi connectivity index (χ4n) is 4.92. The van der Waals surface area contributed by atoms with Crippen molar-refractivity contribution in [2.24, 2.45) is 0 Å². The highest BCUT2D eigenvalue weighted by molar-refractivity contribution is 6.03. The lowest BCUT2D eigenvalue weighted by molar-refractivity contribution is -0.131. The van der Waals surface area contributed by atoms with Crippen LogP contribution < -0.4 is 4.90 Å². The van der Waals surface area contributed by atoms with Crippen molar-refractivity contribution in [2.45, 2.75) is 13.0 Å². The van der Waals surface area contributed by atoms with E-state index in [2.05, 4.69) is 20.9 Å². The predicted molar refractivity (Wildman–Crippen MR) is 127 cm³/mol. The summed E-state index contributed by atoms with van der Waals surface area (Å²) < 4.78 is 29.2. The number of rotatable bonds is 5. The second-order valence-corrected chi connectivity index (χ2v) is 8.95. The van der Waals surface area contributed by atoms with Crippen molar-refractivity contribution in [1.82, 2.24) is 19.8 Å². The van der Waals surface area contributed by atoms with E-state index in [1.165, 1.54) is 23.2 Å². The zero-order valence-corrected chi connectivity index (χ0v) is 19.2. The largest absolute Gasteiger partial charge is 0.395 e. The third-order valence-electron chi connectivity index (χ3n) is 6.75. The fourth-order valence-corrected chi connectivity index (χ4v) is 4.92. The van der Waals surface area contributed by atoms with Crippen LogP contribution in [0.3, 0.4) is 0 Å². The maximum absolute atomic E-state index is 15.1. The number of halogens is 2. The first-order chi connectivity index (χ1) is 16.4. The molecular formula is C25H27F2N5O2. The summed E-state index contributed by atoms with van der Waals surface area (Å²) >= 11 is 0. The number of aromatic nitrogens is 2. The molecule has 0 radical (unpaired) electrons. The Bertz CT molecular complexity index is 1300. The topological polar surface area (TPSA) is 75.7 Å². The summed E-state index contributed by atoms with van der Waals surface area (Å²) in [6.45, 7) is 2.39. The lowest BCUT2D eigenvalue weighted by atomic mass is 9.97. The van der Waals surface area contributed by atoms with Gasteiger partial charge in [0.05, 0.1) is 19.3 Å². The van der Waals surface area contributed by atoms with Crippen molar-refractivity contribution in [3.8, 4) is 11.1 Å². The Morgan fingerprint density at radius 2 is 2.15 bits per heavy atom. The number of aliphatic hydroxyl groups is 1. The molecule has 1 aromatic carbocycles. The Labute approximate surface area is 196 Å². The van der Waals surface area contributed by atoms with E-state index in [1.807, 2.05) is 11.9 Å². The van der Waals surface area contributed by atoms with Crippen molar-refractivity contribution in [2.75, 3.05) is 51.8 Å². The lowest BCUT2D eigenvalue weighted by Crippen LogP contribution is -2.41. The van der Waals surface area contributed by atoms with E-state index in [9.17, 15) is 9.18 Å². The SMILES string of the molecule is CN(CCO)C(=O)CN1CC=C(c2[nH]c3ncc(F)c4c3c2CN(C)c2ccc(F)cc2-4)CC1. The van der Waals surface area contributed by atoms with Crippen LogP contribution in [0.5, 0.6) is 0 Å². The average molecular weight is 468 g/mol. The number of nitrogens with zero attached hydrogens (tertiary/aromatic N) is 4. The lowest BCUT2D eigenvalue weighted by Gasteiger charge is -2.28. The molecule has 2 N–H and O–H groups in total. The van der Waals surface area contributed by atoms with Crippen LogP contribution in [0.25, 0.3) is 27.7 Å². The molecule has 0 saturated heterocycles. The van der Waals surface area contributed by atoms with E-state index in [1.54, 1.807) is 13.1 Å². The molecule has 0 atom stereocenters. The highest BCUT2D eigenvalue weighted by Gasteiger charge is 2.29. The number of amides is 1.